The highest BCUT2D eigenvalue weighted by Gasteiger charge is 2.14. The number of aryl methyl sites for hydroxylation is 1. The molecule has 1 aromatic carbocycles. The molecule has 0 aliphatic heterocycles. The molecule has 4 nitrogen and oxygen atoms in total. The lowest BCUT2D eigenvalue weighted by Crippen LogP contribution is -2.02. The normalized spacial score (nSPS) is 10.6. The smallest absolute Gasteiger partial charge is 0.153 e. The van der Waals surface area contributed by atoms with Crippen LogP contribution in [0.25, 0.3) is 11.3 Å². The Morgan fingerprint density at radius 3 is 2.81 bits per heavy atom. The molecule has 0 atom stereocenters. The van der Waals surface area contributed by atoms with Gasteiger partial charge in [-0.05, 0) is 30.5 Å². The molecule has 0 N–H and O–H groups in total. The molecule has 0 saturated carbocycles. The minimum absolute atomic E-state index is 0.422. The van der Waals surface area contributed by atoms with Crippen molar-refractivity contribution in [2.45, 2.75) is 26.8 Å². The van der Waals surface area contributed by atoms with Gasteiger partial charge in [-0.2, -0.15) is 10.4 Å². The first kappa shape index (κ1) is 15.3. The minimum Gasteiger partial charge on any atom is -0.298 e. The molecule has 21 heavy (non-hydrogen) atoms. The van der Waals surface area contributed by atoms with Crippen LogP contribution in [0, 0.1) is 17.2 Å². The van der Waals surface area contributed by atoms with Crippen LogP contribution in [-0.4, -0.2) is 16.1 Å². The second kappa shape index (κ2) is 6.55. The SMILES string of the molecule is CC(C)CCn1cc(C=O)c(-c2ccc(C#N)cc2Cl)n1. The lowest BCUT2D eigenvalue weighted by molar-refractivity contribution is 0.112. The average Bonchev–Trinajstić information content (AvgIpc) is 2.88. The number of hydrogen-bond donors (Lipinski definition) is 0. The summed E-state index contributed by atoms with van der Waals surface area (Å²) >= 11 is 6.19. The molecule has 0 spiro atoms. The van der Waals surface area contributed by atoms with E-state index in [9.17, 15) is 4.79 Å². The molecule has 0 radical (unpaired) electrons. The zero-order valence-electron chi connectivity index (χ0n) is 12.0. The maximum absolute atomic E-state index is 11.2. The molecule has 2 aromatic rings. The molecule has 0 fully saturated rings. The van der Waals surface area contributed by atoms with E-state index in [0.29, 0.717) is 33.3 Å². The quantitative estimate of drug-likeness (QED) is 0.786. The molecular formula is C16H16ClN3O. The van der Waals surface area contributed by atoms with E-state index in [1.54, 1.807) is 29.1 Å². The molecule has 0 bridgehead atoms. The predicted octanol–water partition coefficient (Wildman–Crippen LogP) is 3.93. The highest BCUT2D eigenvalue weighted by Crippen LogP contribution is 2.29. The molecule has 0 saturated heterocycles. The number of nitriles is 1. The van der Waals surface area contributed by atoms with E-state index in [1.165, 1.54) is 0 Å². The summed E-state index contributed by atoms with van der Waals surface area (Å²) < 4.78 is 1.77. The van der Waals surface area contributed by atoms with Gasteiger partial charge >= 0.3 is 0 Å². The Morgan fingerprint density at radius 1 is 1.48 bits per heavy atom. The second-order valence-electron chi connectivity index (χ2n) is 5.30. The van der Waals surface area contributed by atoms with Crippen LogP contribution in [0.15, 0.2) is 24.4 Å². The van der Waals surface area contributed by atoms with Crippen molar-refractivity contribution >= 4 is 17.9 Å². The number of nitrogens with zero attached hydrogens (tertiary/aromatic N) is 3. The monoisotopic (exact) mass is 301 g/mol. The van der Waals surface area contributed by atoms with E-state index < -0.39 is 0 Å². The number of benzene rings is 1. The number of halogens is 1. The maximum atomic E-state index is 11.2. The fraction of sp³-hybridized carbons (Fsp3) is 0.312. The van der Waals surface area contributed by atoms with Gasteiger partial charge in [0.25, 0.3) is 0 Å². The first-order valence-corrected chi connectivity index (χ1v) is 7.15. The number of carbonyl (C=O) groups excluding carboxylic acids is 1. The van der Waals surface area contributed by atoms with Gasteiger partial charge < -0.3 is 0 Å². The van der Waals surface area contributed by atoms with Crippen molar-refractivity contribution in [1.82, 2.24) is 9.78 Å². The van der Waals surface area contributed by atoms with Crippen LogP contribution in [0.1, 0.15) is 36.2 Å². The van der Waals surface area contributed by atoms with E-state index in [4.69, 9.17) is 16.9 Å². The van der Waals surface area contributed by atoms with Crippen molar-refractivity contribution in [3.63, 3.8) is 0 Å². The minimum atomic E-state index is 0.422. The van der Waals surface area contributed by atoms with E-state index in [-0.39, 0.29) is 0 Å². The van der Waals surface area contributed by atoms with Crippen molar-refractivity contribution in [2.75, 3.05) is 0 Å². The summed E-state index contributed by atoms with van der Waals surface area (Å²) in [4.78, 5) is 11.2. The van der Waals surface area contributed by atoms with Gasteiger partial charge in [0.2, 0.25) is 0 Å². The topological polar surface area (TPSA) is 58.7 Å². The number of aromatic nitrogens is 2. The number of rotatable bonds is 5. The standard InChI is InChI=1S/C16H16ClN3O/c1-11(2)5-6-20-9-13(10-21)16(19-20)14-4-3-12(8-18)7-15(14)17/h3-4,7,9-11H,5-6H2,1-2H3. The summed E-state index contributed by atoms with van der Waals surface area (Å²) in [7, 11) is 0. The molecule has 1 aromatic heterocycles. The summed E-state index contributed by atoms with van der Waals surface area (Å²) in [5.41, 5.74) is 2.21. The molecule has 2 rings (SSSR count). The zero-order chi connectivity index (χ0) is 15.4. The van der Waals surface area contributed by atoms with Crippen LogP contribution in [0.3, 0.4) is 0 Å². The van der Waals surface area contributed by atoms with Crippen LogP contribution >= 0.6 is 11.6 Å². The summed E-state index contributed by atoms with van der Waals surface area (Å²) in [6, 6.07) is 7.01. The third-order valence-corrected chi connectivity index (χ3v) is 3.52. The molecule has 0 aliphatic carbocycles. The van der Waals surface area contributed by atoms with Crippen molar-refractivity contribution in [2.24, 2.45) is 5.92 Å². The predicted molar refractivity (Wildman–Crippen MR) is 82.2 cm³/mol. The van der Waals surface area contributed by atoms with Crippen LogP contribution in [0.5, 0.6) is 0 Å². The Kier molecular flexibility index (Phi) is 4.77. The largest absolute Gasteiger partial charge is 0.298 e. The summed E-state index contributed by atoms with van der Waals surface area (Å²) in [5, 5.41) is 13.7. The molecule has 5 heteroatoms. The van der Waals surface area contributed by atoms with E-state index in [0.717, 1.165) is 19.3 Å². The van der Waals surface area contributed by atoms with Crippen LogP contribution in [0.4, 0.5) is 0 Å². The molecule has 108 valence electrons. The first-order valence-electron chi connectivity index (χ1n) is 6.77. The Bertz CT molecular complexity index is 698. The Balaban J connectivity index is 2.39. The van der Waals surface area contributed by atoms with Gasteiger partial charge in [0.1, 0.15) is 5.69 Å². The number of aldehydes is 1. The van der Waals surface area contributed by atoms with E-state index >= 15 is 0 Å². The van der Waals surface area contributed by atoms with Crippen LogP contribution in [0.2, 0.25) is 5.02 Å². The molecule has 0 unspecified atom stereocenters. The van der Waals surface area contributed by atoms with Gasteiger partial charge in [-0.15, -0.1) is 0 Å². The fourth-order valence-electron chi connectivity index (χ4n) is 2.01. The van der Waals surface area contributed by atoms with E-state index in [2.05, 4.69) is 18.9 Å². The van der Waals surface area contributed by atoms with E-state index in [1.807, 2.05) is 6.07 Å². The lowest BCUT2D eigenvalue weighted by atomic mass is 10.1. The highest BCUT2D eigenvalue weighted by atomic mass is 35.5. The number of hydrogen-bond acceptors (Lipinski definition) is 3. The van der Waals surface area contributed by atoms with Gasteiger partial charge in [0, 0.05) is 18.3 Å². The van der Waals surface area contributed by atoms with Crippen molar-refractivity contribution < 1.29 is 4.79 Å². The Hall–Kier alpha value is -2.12. The Morgan fingerprint density at radius 2 is 2.24 bits per heavy atom. The molecular weight excluding hydrogens is 286 g/mol. The van der Waals surface area contributed by atoms with Gasteiger partial charge in [-0.1, -0.05) is 25.4 Å². The molecule has 0 amide bonds. The average molecular weight is 302 g/mol. The first-order chi connectivity index (χ1) is 10.0. The van der Waals surface area contributed by atoms with Crippen LogP contribution < -0.4 is 0 Å². The summed E-state index contributed by atoms with van der Waals surface area (Å²) in [6.07, 6.45) is 3.50. The molecule has 0 aliphatic rings. The third kappa shape index (κ3) is 3.50. The summed E-state index contributed by atoms with van der Waals surface area (Å²) in [5.74, 6) is 0.566. The van der Waals surface area contributed by atoms with Gasteiger partial charge in [0.05, 0.1) is 22.2 Å². The van der Waals surface area contributed by atoms with Gasteiger partial charge in [-0.3, -0.25) is 9.48 Å². The van der Waals surface area contributed by atoms with Crippen molar-refractivity contribution in [1.29, 1.82) is 5.26 Å². The van der Waals surface area contributed by atoms with Gasteiger partial charge in [0.15, 0.2) is 6.29 Å². The van der Waals surface area contributed by atoms with Gasteiger partial charge in [-0.25, -0.2) is 0 Å². The van der Waals surface area contributed by atoms with Crippen molar-refractivity contribution in [3.05, 3.63) is 40.5 Å². The summed E-state index contributed by atoms with van der Waals surface area (Å²) in [6.45, 7) is 5.04. The zero-order valence-corrected chi connectivity index (χ0v) is 12.8. The number of carbonyl (C=O) groups is 1. The maximum Gasteiger partial charge on any atom is 0.153 e. The fourth-order valence-corrected chi connectivity index (χ4v) is 2.28. The third-order valence-electron chi connectivity index (χ3n) is 3.21. The van der Waals surface area contributed by atoms with Crippen molar-refractivity contribution in [3.8, 4) is 17.3 Å². The molecule has 1 heterocycles. The highest BCUT2D eigenvalue weighted by molar-refractivity contribution is 6.33. The second-order valence-corrected chi connectivity index (χ2v) is 5.71. The Labute approximate surface area is 129 Å². The van der Waals surface area contributed by atoms with Crippen LogP contribution in [-0.2, 0) is 6.54 Å². The lowest BCUT2D eigenvalue weighted by Gasteiger charge is -2.04.